The van der Waals surface area contributed by atoms with Crippen LogP contribution in [0.2, 0.25) is 0 Å². The summed E-state index contributed by atoms with van der Waals surface area (Å²) in [5.41, 5.74) is 2.54. The lowest BCUT2D eigenvalue weighted by Crippen LogP contribution is -2.44. The number of nitrogens with one attached hydrogen (secondary N) is 1. The maximum atomic E-state index is 12.6. The van der Waals surface area contributed by atoms with Crippen LogP contribution >= 0.6 is 0 Å². The molecule has 0 fully saturated rings. The van der Waals surface area contributed by atoms with Crippen LogP contribution in [0.1, 0.15) is 18.9 Å². The van der Waals surface area contributed by atoms with Gasteiger partial charge in [-0.2, -0.15) is 8.78 Å². The van der Waals surface area contributed by atoms with Crippen LogP contribution in [0, 0.1) is 0 Å². The number of carbonyl (C=O) groups is 1. The van der Waals surface area contributed by atoms with E-state index in [2.05, 4.69) is 21.1 Å². The van der Waals surface area contributed by atoms with Crippen molar-refractivity contribution in [2.45, 2.75) is 26.0 Å². The van der Waals surface area contributed by atoms with Gasteiger partial charge in [0.25, 0.3) is 0 Å². The zero-order valence-electron chi connectivity index (χ0n) is 14.9. The first-order chi connectivity index (χ1) is 13.0. The third-order valence-corrected chi connectivity index (χ3v) is 4.56. The standard InChI is InChI=1S/C20H21F2N3O2/c1-14(19(26)24-17-6-2-3-7-18(17)27-20(21)22)25-11-8-15(9-12-25)16-5-4-10-23-13-16/h2-8,10,13-14,20H,9,11-12H2,1H3,(H,24,26)/t14-/m1/s1. The minimum absolute atomic E-state index is 0.0505. The summed E-state index contributed by atoms with van der Waals surface area (Å²) in [6.07, 6.45) is 6.48. The summed E-state index contributed by atoms with van der Waals surface area (Å²) in [4.78, 5) is 18.7. The van der Waals surface area contributed by atoms with E-state index in [9.17, 15) is 13.6 Å². The molecule has 1 aromatic heterocycles. The first kappa shape index (κ1) is 19.0. The molecular formula is C20H21F2N3O2. The van der Waals surface area contributed by atoms with Crippen molar-refractivity contribution in [1.29, 1.82) is 0 Å². The molecule has 0 aliphatic carbocycles. The highest BCUT2D eigenvalue weighted by Gasteiger charge is 2.24. The van der Waals surface area contributed by atoms with Crippen molar-refractivity contribution in [2.24, 2.45) is 0 Å². The van der Waals surface area contributed by atoms with Crippen molar-refractivity contribution < 1.29 is 18.3 Å². The zero-order valence-corrected chi connectivity index (χ0v) is 14.9. The van der Waals surface area contributed by atoms with Crippen LogP contribution in [0.4, 0.5) is 14.5 Å². The van der Waals surface area contributed by atoms with Crippen LogP contribution in [0.3, 0.4) is 0 Å². The number of halogens is 2. The second kappa shape index (κ2) is 8.73. The number of rotatable bonds is 6. The van der Waals surface area contributed by atoms with E-state index in [1.54, 1.807) is 31.3 Å². The Bertz CT molecular complexity index is 812. The van der Waals surface area contributed by atoms with Crippen LogP contribution in [0.25, 0.3) is 5.57 Å². The monoisotopic (exact) mass is 373 g/mol. The third kappa shape index (κ3) is 4.89. The van der Waals surface area contributed by atoms with E-state index in [1.807, 2.05) is 23.2 Å². The van der Waals surface area contributed by atoms with Gasteiger partial charge in [0.15, 0.2) is 0 Å². The van der Waals surface area contributed by atoms with E-state index >= 15 is 0 Å². The maximum Gasteiger partial charge on any atom is 0.387 e. The Morgan fingerprint density at radius 2 is 2.07 bits per heavy atom. The fraction of sp³-hybridized carbons (Fsp3) is 0.300. The third-order valence-electron chi connectivity index (χ3n) is 4.56. The first-order valence-corrected chi connectivity index (χ1v) is 8.73. The van der Waals surface area contributed by atoms with Crippen molar-refractivity contribution in [1.82, 2.24) is 9.88 Å². The van der Waals surface area contributed by atoms with Gasteiger partial charge < -0.3 is 10.1 Å². The molecule has 2 aromatic rings. The maximum absolute atomic E-state index is 12.6. The van der Waals surface area contributed by atoms with Crippen LogP contribution in [-0.2, 0) is 4.79 Å². The van der Waals surface area contributed by atoms with Crippen molar-refractivity contribution >= 4 is 17.2 Å². The number of aromatic nitrogens is 1. The largest absolute Gasteiger partial charge is 0.433 e. The molecule has 1 aliphatic heterocycles. The van der Waals surface area contributed by atoms with Crippen LogP contribution in [0.15, 0.2) is 54.9 Å². The van der Waals surface area contributed by atoms with Crippen molar-refractivity contribution in [2.75, 3.05) is 18.4 Å². The molecule has 2 heterocycles. The average Bonchev–Trinajstić information content (AvgIpc) is 2.69. The minimum atomic E-state index is -2.95. The van der Waals surface area contributed by atoms with E-state index < -0.39 is 12.7 Å². The molecule has 3 rings (SSSR count). The normalized spacial score (nSPS) is 15.9. The molecule has 0 saturated heterocycles. The molecule has 0 saturated carbocycles. The summed E-state index contributed by atoms with van der Waals surface area (Å²) in [5, 5.41) is 2.69. The summed E-state index contributed by atoms with van der Waals surface area (Å²) < 4.78 is 29.5. The van der Waals surface area contributed by atoms with Crippen molar-refractivity contribution in [3.63, 3.8) is 0 Å². The van der Waals surface area contributed by atoms with Gasteiger partial charge in [-0.15, -0.1) is 0 Å². The van der Waals surface area contributed by atoms with Gasteiger partial charge >= 0.3 is 6.61 Å². The lowest BCUT2D eigenvalue weighted by atomic mass is 10.0. The number of pyridine rings is 1. The van der Waals surface area contributed by atoms with E-state index in [0.717, 1.165) is 18.5 Å². The Balaban J connectivity index is 1.63. The summed E-state index contributed by atoms with van der Waals surface area (Å²) in [6, 6.07) is 9.68. The van der Waals surface area contributed by atoms with E-state index in [0.29, 0.717) is 6.54 Å². The highest BCUT2D eigenvalue weighted by Crippen LogP contribution is 2.27. The molecule has 5 nitrogen and oxygen atoms in total. The van der Waals surface area contributed by atoms with Gasteiger partial charge in [-0.25, -0.2) is 0 Å². The first-order valence-electron chi connectivity index (χ1n) is 8.73. The van der Waals surface area contributed by atoms with Crippen LogP contribution in [0.5, 0.6) is 5.75 Å². The molecule has 0 radical (unpaired) electrons. The van der Waals surface area contributed by atoms with Crippen molar-refractivity contribution in [3.05, 3.63) is 60.4 Å². The Morgan fingerprint density at radius 3 is 2.74 bits per heavy atom. The second-order valence-corrected chi connectivity index (χ2v) is 6.26. The fourth-order valence-corrected chi connectivity index (χ4v) is 3.02. The number of ether oxygens (including phenoxy) is 1. The van der Waals surface area contributed by atoms with Gasteiger partial charge in [-0.1, -0.05) is 24.3 Å². The second-order valence-electron chi connectivity index (χ2n) is 6.26. The Hall–Kier alpha value is -2.80. The average molecular weight is 373 g/mol. The SMILES string of the molecule is C[C@H](C(=O)Nc1ccccc1OC(F)F)N1CC=C(c2cccnc2)CC1. The van der Waals surface area contributed by atoms with Gasteiger partial charge in [-0.3, -0.25) is 14.7 Å². The molecule has 142 valence electrons. The minimum Gasteiger partial charge on any atom is -0.433 e. The topological polar surface area (TPSA) is 54.5 Å². The Kier molecular flexibility index (Phi) is 6.13. The van der Waals surface area contributed by atoms with Gasteiger partial charge in [0, 0.05) is 25.5 Å². The predicted molar refractivity (Wildman–Crippen MR) is 99.6 cm³/mol. The van der Waals surface area contributed by atoms with Gasteiger partial charge in [-0.05, 0) is 42.7 Å². The molecular weight excluding hydrogens is 352 g/mol. The van der Waals surface area contributed by atoms with Crippen LogP contribution < -0.4 is 10.1 Å². The molecule has 1 atom stereocenters. The summed E-state index contributed by atoms with van der Waals surface area (Å²) in [6.45, 7) is 0.214. The molecule has 0 spiro atoms. The number of hydrogen-bond donors (Lipinski definition) is 1. The molecule has 1 aliphatic rings. The van der Waals surface area contributed by atoms with Gasteiger partial charge in [0.05, 0.1) is 11.7 Å². The van der Waals surface area contributed by atoms with E-state index in [4.69, 9.17) is 0 Å². The quantitative estimate of drug-likeness (QED) is 0.837. The van der Waals surface area contributed by atoms with Gasteiger partial charge in [0.1, 0.15) is 5.75 Å². The zero-order chi connectivity index (χ0) is 19.2. The molecule has 1 amide bonds. The van der Waals surface area contributed by atoms with Gasteiger partial charge in [0.2, 0.25) is 5.91 Å². The highest BCUT2D eigenvalue weighted by atomic mass is 19.3. The lowest BCUT2D eigenvalue weighted by Gasteiger charge is -2.31. The number of nitrogens with zero attached hydrogens (tertiary/aromatic N) is 2. The molecule has 7 heteroatoms. The summed E-state index contributed by atoms with van der Waals surface area (Å²) in [7, 11) is 0. The molecule has 0 unspecified atom stereocenters. The number of carbonyl (C=O) groups excluding carboxylic acids is 1. The van der Waals surface area contributed by atoms with Crippen molar-refractivity contribution in [3.8, 4) is 5.75 Å². The Morgan fingerprint density at radius 1 is 1.26 bits per heavy atom. The van der Waals surface area contributed by atoms with E-state index in [1.165, 1.54) is 11.6 Å². The summed E-state index contributed by atoms with van der Waals surface area (Å²) in [5.74, 6) is -0.316. The number of alkyl halides is 2. The number of para-hydroxylation sites is 2. The highest BCUT2D eigenvalue weighted by molar-refractivity contribution is 5.95. The molecule has 27 heavy (non-hydrogen) atoms. The molecule has 0 bridgehead atoms. The summed E-state index contributed by atoms with van der Waals surface area (Å²) >= 11 is 0. The number of benzene rings is 1. The smallest absolute Gasteiger partial charge is 0.387 e. The number of anilines is 1. The molecule has 1 N–H and O–H groups in total. The lowest BCUT2D eigenvalue weighted by molar-refractivity contribution is -0.120. The number of amides is 1. The van der Waals surface area contributed by atoms with E-state index in [-0.39, 0.29) is 17.3 Å². The number of hydrogen-bond acceptors (Lipinski definition) is 4. The Labute approximate surface area is 156 Å². The predicted octanol–water partition coefficient (Wildman–Crippen LogP) is 3.80. The molecule has 1 aromatic carbocycles. The van der Waals surface area contributed by atoms with Crippen LogP contribution in [-0.4, -0.2) is 41.5 Å². The fourth-order valence-electron chi connectivity index (χ4n) is 3.02.